The molecule has 8 nitrogen and oxygen atoms in total. The van der Waals surface area contributed by atoms with Gasteiger partial charge in [0, 0.05) is 30.7 Å². The van der Waals surface area contributed by atoms with E-state index in [2.05, 4.69) is 44.2 Å². The molecule has 0 bridgehead atoms. The van der Waals surface area contributed by atoms with Crippen molar-refractivity contribution >= 4 is 38.1 Å². The first-order chi connectivity index (χ1) is 13.3. The van der Waals surface area contributed by atoms with E-state index in [1.54, 1.807) is 13.8 Å². The van der Waals surface area contributed by atoms with E-state index >= 15 is 0 Å². The molecular weight excluding hydrogens is 398 g/mol. The molecular formula is C18H25N5O3S2. The van der Waals surface area contributed by atoms with Crippen LogP contribution >= 0.6 is 11.3 Å². The first-order valence-corrected chi connectivity index (χ1v) is 11.6. The van der Waals surface area contributed by atoms with Gasteiger partial charge in [0.05, 0.1) is 0 Å². The Bertz CT molecular complexity index is 942. The topological polar surface area (TPSA) is 104 Å². The summed E-state index contributed by atoms with van der Waals surface area (Å²) >= 11 is 0.845. The highest BCUT2D eigenvalue weighted by molar-refractivity contribution is 7.91. The van der Waals surface area contributed by atoms with Crippen LogP contribution in [0.3, 0.4) is 0 Å². The van der Waals surface area contributed by atoms with E-state index in [9.17, 15) is 13.2 Å². The normalized spacial score (nSPS) is 16.4. The van der Waals surface area contributed by atoms with Crippen molar-refractivity contribution in [3.05, 3.63) is 29.8 Å². The van der Waals surface area contributed by atoms with Crippen LogP contribution in [0.2, 0.25) is 0 Å². The molecule has 3 rings (SSSR count). The average Bonchev–Trinajstić information content (AvgIpc) is 3.23. The predicted molar refractivity (Wildman–Crippen MR) is 110 cm³/mol. The largest absolute Gasteiger partial charge is 0.368 e. The summed E-state index contributed by atoms with van der Waals surface area (Å²) in [6.07, 6.45) is 1.69. The second kappa shape index (κ2) is 8.54. The number of amides is 1. The minimum Gasteiger partial charge on any atom is -0.368 e. The zero-order valence-electron chi connectivity index (χ0n) is 16.2. The maximum Gasteiger partial charge on any atom is 0.269 e. The SMILES string of the molecule is CC(C)C(=O)Nc1nnc(S(=O)(=O)NCCCN2c3ccccc3C[C@H]2C)s1. The fraction of sp³-hybridized carbons (Fsp3) is 0.500. The minimum atomic E-state index is -3.74. The van der Waals surface area contributed by atoms with E-state index < -0.39 is 10.0 Å². The van der Waals surface area contributed by atoms with Crippen LogP contribution in [0.5, 0.6) is 0 Å². The number of nitrogens with one attached hydrogen (secondary N) is 2. The molecule has 0 radical (unpaired) electrons. The van der Waals surface area contributed by atoms with Gasteiger partial charge in [-0.2, -0.15) is 0 Å². The van der Waals surface area contributed by atoms with Crippen LogP contribution < -0.4 is 14.9 Å². The van der Waals surface area contributed by atoms with Gasteiger partial charge in [-0.25, -0.2) is 13.1 Å². The zero-order valence-corrected chi connectivity index (χ0v) is 17.8. The maximum atomic E-state index is 12.4. The van der Waals surface area contributed by atoms with Crippen molar-refractivity contribution in [1.82, 2.24) is 14.9 Å². The van der Waals surface area contributed by atoms with Crippen molar-refractivity contribution in [2.24, 2.45) is 5.92 Å². The Labute approximate surface area is 169 Å². The molecule has 0 saturated carbocycles. The summed E-state index contributed by atoms with van der Waals surface area (Å²) in [6.45, 7) is 6.75. The number of para-hydroxylation sites is 1. The van der Waals surface area contributed by atoms with Gasteiger partial charge in [-0.15, -0.1) is 10.2 Å². The summed E-state index contributed by atoms with van der Waals surface area (Å²) in [6, 6.07) is 8.72. The lowest BCUT2D eigenvalue weighted by molar-refractivity contribution is -0.118. The van der Waals surface area contributed by atoms with Gasteiger partial charge in [-0.05, 0) is 31.4 Å². The molecule has 152 valence electrons. The van der Waals surface area contributed by atoms with Crippen LogP contribution in [-0.4, -0.2) is 43.7 Å². The maximum absolute atomic E-state index is 12.4. The highest BCUT2D eigenvalue weighted by Gasteiger charge is 2.25. The molecule has 1 amide bonds. The molecule has 2 aromatic rings. The smallest absolute Gasteiger partial charge is 0.269 e. The number of carbonyl (C=O) groups is 1. The van der Waals surface area contributed by atoms with Crippen molar-refractivity contribution in [3.8, 4) is 0 Å². The quantitative estimate of drug-likeness (QED) is 0.498. The predicted octanol–water partition coefficient (Wildman–Crippen LogP) is 2.25. The van der Waals surface area contributed by atoms with Crippen LogP contribution in [0.15, 0.2) is 28.6 Å². The van der Waals surface area contributed by atoms with Crippen LogP contribution in [-0.2, 0) is 21.2 Å². The van der Waals surface area contributed by atoms with Crippen molar-refractivity contribution in [2.75, 3.05) is 23.3 Å². The number of nitrogens with zero attached hydrogens (tertiary/aromatic N) is 3. The fourth-order valence-corrected chi connectivity index (χ4v) is 5.12. The summed E-state index contributed by atoms with van der Waals surface area (Å²) in [5.41, 5.74) is 2.56. The Morgan fingerprint density at radius 1 is 1.32 bits per heavy atom. The Kier molecular flexibility index (Phi) is 6.31. The summed E-state index contributed by atoms with van der Waals surface area (Å²) in [5, 5.41) is 10.2. The van der Waals surface area contributed by atoms with E-state index in [-0.39, 0.29) is 21.3 Å². The Hall–Kier alpha value is -2.04. The highest BCUT2D eigenvalue weighted by atomic mass is 32.2. The Balaban J connectivity index is 1.52. The second-order valence-electron chi connectivity index (χ2n) is 7.14. The highest BCUT2D eigenvalue weighted by Crippen LogP contribution is 2.31. The molecule has 1 aromatic carbocycles. The van der Waals surface area contributed by atoms with Gasteiger partial charge in [-0.3, -0.25) is 4.79 Å². The van der Waals surface area contributed by atoms with E-state index in [4.69, 9.17) is 0 Å². The first kappa shape index (κ1) is 20.7. The molecule has 0 aliphatic carbocycles. The monoisotopic (exact) mass is 423 g/mol. The lowest BCUT2D eigenvalue weighted by Crippen LogP contribution is -2.33. The number of hydrogen-bond acceptors (Lipinski definition) is 7. The lowest BCUT2D eigenvalue weighted by Gasteiger charge is -2.24. The molecule has 2 N–H and O–H groups in total. The molecule has 28 heavy (non-hydrogen) atoms. The zero-order chi connectivity index (χ0) is 20.3. The molecule has 0 unspecified atom stereocenters. The van der Waals surface area contributed by atoms with Crippen molar-refractivity contribution in [1.29, 1.82) is 0 Å². The Morgan fingerprint density at radius 2 is 2.07 bits per heavy atom. The number of hydrogen-bond donors (Lipinski definition) is 2. The van der Waals surface area contributed by atoms with E-state index in [0.717, 1.165) is 24.3 Å². The standard InChI is InChI=1S/C18H25N5O3S2/c1-12(2)16(24)20-17-21-22-18(27-17)28(25,26)19-9-6-10-23-13(3)11-14-7-4-5-8-15(14)23/h4-5,7-8,12-13,19H,6,9-11H2,1-3H3,(H,20,21,24)/t13-/m1/s1. The number of carbonyl (C=O) groups excluding carboxylic acids is 1. The van der Waals surface area contributed by atoms with Crippen molar-refractivity contribution < 1.29 is 13.2 Å². The summed E-state index contributed by atoms with van der Waals surface area (Å²) in [4.78, 5) is 14.0. The fourth-order valence-electron chi connectivity index (χ4n) is 3.11. The number of rotatable bonds is 8. The first-order valence-electron chi connectivity index (χ1n) is 9.26. The molecule has 2 heterocycles. The molecule has 0 saturated heterocycles. The number of anilines is 2. The van der Waals surface area contributed by atoms with E-state index in [0.29, 0.717) is 19.0 Å². The minimum absolute atomic E-state index is 0.147. The third-order valence-electron chi connectivity index (χ3n) is 4.61. The van der Waals surface area contributed by atoms with Gasteiger partial charge in [0.2, 0.25) is 15.4 Å². The third-order valence-corrected chi connectivity index (χ3v) is 7.27. The van der Waals surface area contributed by atoms with Crippen molar-refractivity contribution in [2.45, 2.75) is 44.0 Å². The Morgan fingerprint density at radius 3 is 2.82 bits per heavy atom. The van der Waals surface area contributed by atoms with E-state index in [1.807, 2.05) is 12.1 Å². The molecule has 1 aliphatic heterocycles. The van der Waals surface area contributed by atoms with Gasteiger partial charge in [-0.1, -0.05) is 43.4 Å². The number of benzene rings is 1. The number of sulfonamides is 1. The second-order valence-corrected chi connectivity index (χ2v) is 10.1. The molecule has 0 fully saturated rings. The van der Waals surface area contributed by atoms with Gasteiger partial charge in [0.25, 0.3) is 10.0 Å². The van der Waals surface area contributed by atoms with Gasteiger partial charge in [0.15, 0.2) is 0 Å². The van der Waals surface area contributed by atoms with E-state index in [1.165, 1.54) is 11.3 Å². The van der Waals surface area contributed by atoms with Crippen LogP contribution in [0, 0.1) is 5.92 Å². The van der Waals surface area contributed by atoms with Crippen LogP contribution in [0.4, 0.5) is 10.8 Å². The average molecular weight is 424 g/mol. The van der Waals surface area contributed by atoms with Gasteiger partial charge in [0.1, 0.15) is 0 Å². The van der Waals surface area contributed by atoms with Gasteiger partial charge < -0.3 is 10.2 Å². The summed E-state index contributed by atoms with van der Waals surface area (Å²) < 4.78 is 27.2. The third kappa shape index (κ3) is 4.68. The van der Waals surface area contributed by atoms with Crippen molar-refractivity contribution in [3.63, 3.8) is 0 Å². The molecule has 1 aromatic heterocycles. The lowest BCUT2D eigenvalue weighted by atomic mass is 10.1. The number of fused-ring (bicyclic) bond motifs is 1. The van der Waals surface area contributed by atoms with Crippen LogP contribution in [0.1, 0.15) is 32.8 Å². The molecule has 10 heteroatoms. The van der Waals surface area contributed by atoms with Crippen LogP contribution in [0.25, 0.3) is 0 Å². The molecule has 0 spiro atoms. The number of aromatic nitrogens is 2. The van der Waals surface area contributed by atoms with Gasteiger partial charge >= 0.3 is 0 Å². The summed E-state index contributed by atoms with van der Waals surface area (Å²) in [5.74, 6) is -0.451. The molecule has 1 aliphatic rings. The summed E-state index contributed by atoms with van der Waals surface area (Å²) in [7, 11) is -3.74. The molecule has 1 atom stereocenters.